The molecule has 12 heteroatoms. The highest BCUT2D eigenvalue weighted by Crippen LogP contribution is 2.33. The molecule has 0 spiro atoms. The summed E-state index contributed by atoms with van der Waals surface area (Å²) in [6, 6.07) is 22.4. The molecule has 1 atom stereocenters. The fourth-order valence-corrected chi connectivity index (χ4v) is 6.43. The molecule has 0 aliphatic rings. The first-order valence-corrected chi connectivity index (χ1v) is 16.6. The Balaban J connectivity index is 1.87. The van der Waals surface area contributed by atoms with Crippen molar-refractivity contribution in [3.63, 3.8) is 0 Å². The van der Waals surface area contributed by atoms with E-state index in [1.807, 2.05) is 0 Å². The van der Waals surface area contributed by atoms with Gasteiger partial charge in [0.05, 0.1) is 16.1 Å². The van der Waals surface area contributed by atoms with E-state index in [1.54, 1.807) is 64.1 Å². The minimum atomic E-state index is -4.80. The molecular weight excluding hydrogens is 646 g/mol. The zero-order valence-corrected chi connectivity index (χ0v) is 27.8. The topological polar surface area (TPSA) is 86.8 Å². The molecule has 1 N–H and O–H groups in total. The molecular formula is C36H37F4N3O4S. The molecule has 0 aromatic heterocycles. The van der Waals surface area contributed by atoms with Crippen LogP contribution in [0.1, 0.15) is 43.0 Å². The molecule has 0 heterocycles. The van der Waals surface area contributed by atoms with Gasteiger partial charge in [-0.15, -0.1) is 0 Å². The highest BCUT2D eigenvalue weighted by atomic mass is 32.2. The van der Waals surface area contributed by atoms with Gasteiger partial charge in [-0.3, -0.25) is 13.9 Å². The lowest BCUT2D eigenvalue weighted by atomic mass is 10.0. The van der Waals surface area contributed by atoms with E-state index < -0.39 is 69.8 Å². The number of hydrogen-bond acceptors (Lipinski definition) is 4. The average Bonchev–Trinajstić information content (AvgIpc) is 3.01. The SMILES string of the molecule is Cc1ccc(S(=O)(=O)N(CC(=O)N(Cc2ccccc2F)[C@@H](Cc2ccccc2)C(=O)NC(C)(C)C)c2cccc(C(F)(F)F)c2)cc1. The Labute approximate surface area is 278 Å². The number of carbonyl (C=O) groups excluding carboxylic acids is 2. The van der Waals surface area contributed by atoms with E-state index in [2.05, 4.69) is 5.32 Å². The molecule has 0 aliphatic carbocycles. The molecule has 7 nitrogen and oxygen atoms in total. The number of carbonyl (C=O) groups is 2. The van der Waals surface area contributed by atoms with Crippen LogP contribution in [0.25, 0.3) is 0 Å². The number of alkyl halides is 3. The number of benzene rings is 4. The molecule has 0 unspecified atom stereocenters. The third-order valence-electron chi connectivity index (χ3n) is 7.42. The summed E-state index contributed by atoms with van der Waals surface area (Å²) in [5, 5.41) is 2.86. The summed E-state index contributed by atoms with van der Waals surface area (Å²) >= 11 is 0. The number of anilines is 1. The molecule has 2 amide bonds. The van der Waals surface area contributed by atoms with Crippen LogP contribution in [0, 0.1) is 12.7 Å². The summed E-state index contributed by atoms with van der Waals surface area (Å²) < 4.78 is 85.2. The van der Waals surface area contributed by atoms with Crippen molar-refractivity contribution in [1.82, 2.24) is 10.2 Å². The van der Waals surface area contributed by atoms with Crippen LogP contribution in [0.2, 0.25) is 0 Å². The number of rotatable bonds is 11. The minimum Gasteiger partial charge on any atom is -0.350 e. The van der Waals surface area contributed by atoms with Crippen LogP contribution in [-0.4, -0.2) is 43.3 Å². The lowest BCUT2D eigenvalue weighted by Crippen LogP contribution is -2.56. The van der Waals surface area contributed by atoms with E-state index >= 15 is 4.39 Å². The summed E-state index contributed by atoms with van der Waals surface area (Å²) in [7, 11) is -4.63. The van der Waals surface area contributed by atoms with Gasteiger partial charge in [0, 0.05) is 24.1 Å². The smallest absolute Gasteiger partial charge is 0.350 e. The fourth-order valence-electron chi connectivity index (χ4n) is 5.02. The van der Waals surface area contributed by atoms with Crippen LogP contribution in [0.15, 0.2) is 108 Å². The van der Waals surface area contributed by atoms with E-state index in [0.29, 0.717) is 15.9 Å². The zero-order chi connectivity index (χ0) is 35.3. The first-order chi connectivity index (χ1) is 22.5. The van der Waals surface area contributed by atoms with Gasteiger partial charge in [0.25, 0.3) is 10.0 Å². The molecule has 4 aromatic carbocycles. The highest BCUT2D eigenvalue weighted by molar-refractivity contribution is 7.92. The maximum absolute atomic E-state index is 15.1. The molecule has 0 aliphatic heterocycles. The van der Waals surface area contributed by atoms with Crippen molar-refractivity contribution in [3.8, 4) is 0 Å². The first kappa shape index (κ1) is 36.1. The average molecular weight is 684 g/mol. The van der Waals surface area contributed by atoms with Gasteiger partial charge in [0.1, 0.15) is 18.4 Å². The maximum Gasteiger partial charge on any atom is 0.416 e. The number of nitrogens with one attached hydrogen (secondary N) is 1. The predicted molar refractivity (Wildman–Crippen MR) is 176 cm³/mol. The Morgan fingerprint density at radius 3 is 2.06 bits per heavy atom. The Bertz CT molecular complexity index is 1840. The number of sulfonamides is 1. The quantitative estimate of drug-likeness (QED) is 0.174. The lowest BCUT2D eigenvalue weighted by molar-refractivity contribution is -0.140. The number of nitrogens with zero attached hydrogens (tertiary/aromatic N) is 2. The number of amides is 2. The number of hydrogen-bond donors (Lipinski definition) is 1. The predicted octanol–water partition coefficient (Wildman–Crippen LogP) is 6.90. The van der Waals surface area contributed by atoms with Gasteiger partial charge in [-0.05, 0) is 69.7 Å². The Kier molecular flexibility index (Phi) is 11.0. The van der Waals surface area contributed by atoms with Crippen LogP contribution in [0.4, 0.5) is 23.2 Å². The van der Waals surface area contributed by atoms with E-state index in [1.165, 1.54) is 42.5 Å². The monoisotopic (exact) mass is 683 g/mol. The molecule has 48 heavy (non-hydrogen) atoms. The highest BCUT2D eigenvalue weighted by Gasteiger charge is 2.37. The third-order valence-corrected chi connectivity index (χ3v) is 9.21. The van der Waals surface area contributed by atoms with E-state index in [4.69, 9.17) is 0 Å². The Morgan fingerprint density at radius 1 is 0.833 bits per heavy atom. The van der Waals surface area contributed by atoms with E-state index in [9.17, 15) is 31.2 Å². The van der Waals surface area contributed by atoms with Gasteiger partial charge in [-0.2, -0.15) is 13.2 Å². The molecule has 0 radical (unpaired) electrons. The summed E-state index contributed by atoms with van der Waals surface area (Å²) in [5.74, 6) is -2.17. The summed E-state index contributed by atoms with van der Waals surface area (Å²) in [5.41, 5.74) is -0.813. The van der Waals surface area contributed by atoms with Crippen LogP contribution in [-0.2, 0) is 38.8 Å². The van der Waals surface area contributed by atoms with Gasteiger partial charge in [-0.25, -0.2) is 12.8 Å². The molecule has 0 fully saturated rings. The van der Waals surface area contributed by atoms with Crippen molar-refractivity contribution in [1.29, 1.82) is 0 Å². The van der Waals surface area contributed by atoms with Crippen molar-refractivity contribution in [3.05, 3.63) is 131 Å². The number of aryl methyl sites for hydroxylation is 1. The largest absolute Gasteiger partial charge is 0.416 e. The standard InChI is InChI=1S/C36H37F4N3O4S/c1-25-17-19-30(20-18-25)48(46,47)43(29-15-10-14-28(22-29)36(38,39)40)24-33(44)42(23-27-13-8-9-16-31(27)37)32(34(45)41-35(2,3)4)21-26-11-6-5-7-12-26/h5-20,22,32H,21,23-24H2,1-4H3,(H,41,45)/t32-/m0/s1. The van der Waals surface area contributed by atoms with Crippen molar-refractivity contribution in [2.45, 2.75) is 63.3 Å². The summed E-state index contributed by atoms with van der Waals surface area (Å²) in [4.78, 5) is 29.2. The zero-order valence-electron chi connectivity index (χ0n) is 27.0. The van der Waals surface area contributed by atoms with Crippen LogP contribution >= 0.6 is 0 Å². The molecule has 254 valence electrons. The first-order valence-electron chi connectivity index (χ1n) is 15.1. The molecule has 0 saturated carbocycles. The minimum absolute atomic E-state index is 0.0166. The van der Waals surface area contributed by atoms with Crippen LogP contribution in [0.3, 0.4) is 0 Å². The number of halogens is 4. The van der Waals surface area contributed by atoms with E-state index in [-0.39, 0.29) is 16.9 Å². The molecule has 0 saturated heterocycles. The Hall–Kier alpha value is -4.71. The second kappa shape index (κ2) is 14.6. The van der Waals surface area contributed by atoms with Crippen molar-refractivity contribution >= 4 is 27.5 Å². The van der Waals surface area contributed by atoms with Crippen molar-refractivity contribution < 1.29 is 35.6 Å². The maximum atomic E-state index is 15.1. The second-order valence-electron chi connectivity index (χ2n) is 12.4. The summed E-state index contributed by atoms with van der Waals surface area (Å²) in [6.45, 7) is 5.56. The normalized spacial score (nSPS) is 12.7. The fraction of sp³-hybridized carbons (Fsp3) is 0.278. The van der Waals surface area contributed by atoms with Gasteiger partial charge in [0.15, 0.2) is 0 Å². The van der Waals surface area contributed by atoms with Crippen LogP contribution in [0.5, 0.6) is 0 Å². The van der Waals surface area contributed by atoms with Crippen molar-refractivity contribution in [2.24, 2.45) is 0 Å². The van der Waals surface area contributed by atoms with Gasteiger partial charge in [0.2, 0.25) is 11.8 Å². The Morgan fingerprint density at radius 2 is 1.46 bits per heavy atom. The third kappa shape index (κ3) is 9.21. The molecule has 0 bridgehead atoms. The second-order valence-corrected chi connectivity index (χ2v) is 14.3. The molecule has 4 aromatic rings. The summed E-state index contributed by atoms with van der Waals surface area (Å²) in [6.07, 6.45) is -4.82. The van der Waals surface area contributed by atoms with Gasteiger partial charge in [-0.1, -0.05) is 72.3 Å². The van der Waals surface area contributed by atoms with Gasteiger partial charge >= 0.3 is 6.18 Å². The van der Waals surface area contributed by atoms with E-state index in [0.717, 1.165) is 28.7 Å². The lowest BCUT2D eigenvalue weighted by Gasteiger charge is -2.35. The van der Waals surface area contributed by atoms with Gasteiger partial charge < -0.3 is 10.2 Å². The van der Waals surface area contributed by atoms with Crippen molar-refractivity contribution in [2.75, 3.05) is 10.8 Å². The van der Waals surface area contributed by atoms with Crippen LogP contribution < -0.4 is 9.62 Å². The molecule has 4 rings (SSSR count).